The molecule has 282 valence electrons. The predicted octanol–water partition coefficient (Wildman–Crippen LogP) is 3.76. The quantitative estimate of drug-likeness (QED) is 0.167. The summed E-state index contributed by atoms with van der Waals surface area (Å²) in [7, 11) is 0. The first-order valence-electron chi connectivity index (χ1n) is 17.6. The Bertz CT molecular complexity index is 1600. The topological polar surface area (TPSA) is 219 Å². The van der Waals surface area contributed by atoms with Crippen molar-refractivity contribution in [3.63, 3.8) is 0 Å². The number of allylic oxidation sites excluding steroid dienone is 1. The summed E-state index contributed by atoms with van der Waals surface area (Å²) in [6.07, 6.45) is -1.38. The summed E-state index contributed by atoms with van der Waals surface area (Å²) in [5.74, 6) is -6.44. The number of hydrogen-bond donors (Lipinski definition) is 4. The van der Waals surface area contributed by atoms with E-state index in [0.717, 1.165) is 0 Å². The Balaban J connectivity index is 1.79. The lowest BCUT2D eigenvalue weighted by Crippen LogP contribution is -2.65. The van der Waals surface area contributed by atoms with E-state index in [4.69, 9.17) is 14.6 Å². The molecular formula is C38H52O13. The van der Waals surface area contributed by atoms with Crippen LogP contribution in [0.25, 0.3) is 0 Å². The van der Waals surface area contributed by atoms with Gasteiger partial charge in [0.15, 0.2) is 6.10 Å². The Morgan fingerprint density at radius 2 is 1.65 bits per heavy atom. The summed E-state index contributed by atoms with van der Waals surface area (Å²) in [4.78, 5) is 91.0. The molecule has 51 heavy (non-hydrogen) atoms. The molecule has 13 nitrogen and oxygen atoms in total. The van der Waals surface area contributed by atoms with Gasteiger partial charge in [-0.1, -0.05) is 26.8 Å². The van der Waals surface area contributed by atoms with E-state index in [2.05, 4.69) is 0 Å². The van der Waals surface area contributed by atoms with Gasteiger partial charge in [0.2, 0.25) is 5.78 Å². The number of aliphatic hydroxyl groups is 2. The van der Waals surface area contributed by atoms with Crippen molar-refractivity contribution in [1.82, 2.24) is 0 Å². The van der Waals surface area contributed by atoms with Crippen LogP contribution in [0.4, 0.5) is 0 Å². The summed E-state index contributed by atoms with van der Waals surface area (Å²) in [6.45, 7) is 12.2. The van der Waals surface area contributed by atoms with Crippen LogP contribution in [-0.2, 0) is 43.0 Å². The molecule has 13 heteroatoms. The molecule has 0 aromatic heterocycles. The minimum atomic E-state index is -1.89. The second kappa shape index (κ2) is 13.7. The van der Waals surface area contributed by atoms with Gasteiger partial charge in [0.1, 0.15) is 18.2 Å². The number of aliphatic hydroxyl groups excluding tert-OH is 1. The van der Waals surface area contributed by atoms with Gasteiger partial charge in [0, 0.05) is 41.7 Å². The lowest BCUT2D eigenvalue weighted by molar-refractivity contribution is -0.178. The van der Waals surface area contributed by atoms with Gasteiger partial charge in [0.05, 0.1) is 35.4 Å². The van der Waals surface area contributed by atoms with Gasteiger partial charge in [0.25, 0.3) is 0 Å². The Hall–Kier alpha value is -3.71. The molecule has 0 spiro atoms. The number of hydrogen-bond acceptors (Lipinski definition) is 11. The molecule has 4 rings (SSSR count). The normalized spacial score (nSPS) is 36.7. The van der Waals surface area contributed by atoms with Crippen LogP contribution in [0.5, 0.6) is 0 Å². The fourth-order valence-electron chi connectivity index (χ4n) is 10.1. The number of fused-ring (bicyclic) bond motifs is 4. The number of esters is 2. The van der Waals surface area contributed by atoms with Gasteiger partial charge < -0.3 is 29.9 Å². The zero-order chi connectivity index (χ0) is 38.6. The molecule has 4 N–H and O–H groups in total. The van der Waals surface area contributed by atoms with E-state index in [9.17, 15) is 48.9 Å². The summed E-state index contributed by atoms with van der Waals surface area (Å²) in [6, 6.07) is 0. The number of rotatable bonds is 12. The molecule has 2 saturated carbocycles. The number of ketones is 3. The van der Waals surface area contributed by atoms with Crippen LogP contribution in [0.2, 0.25) is 0 Å². The highest BCUT2D eigenvalue weighted by molar-refractivity contribution is 6.09. The number of ether oxygens (including phenoxy) is 2. The number of carboxylic acids is 2. The van der Waals surface area contributed by atoms with Gasteiger partial charge in [-0.3, -0.25) is 28.8 Å². The molecule has 4 aliphatic rings. The number of carbonyl (C=O) groups is 7. The molecule has 0 aliphatic heterocycles. The Kier molecular flexibility index (Phi) is 10.8. The zero-order valence-corrected chi connectivity index (χ0v) is 30.8. The van der Waals surface area contributed by atoms with Crippen molar-refractivity contribution < 1.29 is 63.5 Å². The molecule has 0 aromatic carbocycles. The average Bonchev–Trinajstić information content (AvgIpc) is 3.22. The molecular weight excluding hydrogens is 664 g/mol. The summed E-state index contributed by atoms with van der Waals surface area (Å²) < 4.78 is 11.4. The SMILES string of the molecule is CC(=O)O[C@H]1C(=O)C2=C([C@@H](O)C[C@H]3[C@](C)(COC(=O)CC(C)(O)CC(=O)O)C(=O)CC[C@]23C)[C@]2(C)C(=O)C[C@H]([C@H](C)CC/C=C(\C)C(=O)O)[C@@]12C. The van der Waals surface area contributed by atoms with E-state index < -0.39 is 100 Å². The first-order valence-corrected chi connectivity index (χ1v) is 17.6. The highest BCUT2D eigenvalue weighted by Gasteiger charge is 2.74. The number of aliphatic carboxylic acids is 2. The predicted molar refractivity (Wildman–Crippen MR) is 180 cm³/mol. The highest BCUT2D eigenvalue weighted by atomic mass is 16.5. The van der Waals surface area contributed by atoms with Crippen molar-refractivity contribution in [3.05, 3.63) is 22.8 Å². The summed E-state index contributed by atoms with van der Waals surface area (Å²) in [5, 5.41) is 40.8. The van der Waals surface area contributed by atoms with Crippen molar-refractivity contribution in [2.75, 3.05) is 6.61 Å². The van der Waals surface area contributed by atoms with Crippen molar-refractivity contribution >= 4 is 41.2 Å². The van der Waals surface area contributed by atoms with Crippen LogP contribution in [0.1, 0.15) is 107 Å². The molecule has 0 bridgehead atoms. The first kappa shape index (κ1) is 40.1. The van der Waals surface area contributed by atoms with Crippen LogP contribution in [0.3, 0.4) is 0 Å². The Labute approximate surface area is 297 Å². The molecule has 0 amide bonds. The van der Waals surface area contributed by atoms with Gasteiger partial charge in [-0.05, 0) is 76.7 Å². The second-order valence-electron chi connectivity index (χ2n) is 16.5. The maximum atomic E-state index is 15.0. The number of carbonyl (C=O) groups excluding carboxylic acids is 5. The molecule has 0 radical (unpaired) electrons. The van der Waals surface area contributed by atoms with Crippen LogP contribution in [0.15, 0.2) is 22.8 Å². The maximum absolute atomic E-state index is 15.0. The minimum absolute atomic E-state index is 0.0129. The van der Waals surface area contributed by atoms with Crippen LogP contribution < -0.4 is 0 Å². The van der Waals surface area contributed by atoms with E-state index in [0.29, 0.717) is 12.8 Å². The first-order chi connectivity index (χ1) is 23.4. The standard InChI is InChI=1S/C38H52O13/c1-19(10-9-11-20(2)33(47)48)22-14-26(42)38(8)29-23(40)15-24-35(5,30(29)31(46)32(37(22,38)7)51-21(3)39)13-12-25(41)36(24,6)18-50-28(45)17-34(4,49)16-27(43)44/h11,19,22-24,32,40,49H,9-10,12-18H2,1-8H3,(H,43,44)(H,47,48)/b20-11+/t19-,22-,23+,24-,32+,34?,35+,36+,37+,38+/m1/s1. The Morgan fingerprint density at radius 3 is 2.22 bits per heavy atom. The van der Waals surface area contributed by atoms with Crippen LogP contribution in [-0.4, -0.2) is 86.1 Å². The van der Waals surface area contributed by atoms with Crippen molar-refractivity contribution in [1.29, 1.82) is 0 Å². The van der Waals surface area contributed by atoms with E-state index >= 15 is 0 Å². The van der Waals surface area contributed by atoms with E-state index in [1.54, 1.807) is 33.8 Å². The lowest BCUT2D eigenvalue weighted by Gasteiger charge is -2.61. The second-order valence-corrected chi connectivity index (χ2v) is 16.5. The Morgan fingerprint density at radius 1 is 1.02 bits per heavy atom. The third kappa shape index (κ3) is 6.60. The average molecular weight is 717 g/mol. The smallest absolute Gasteiger partial charge is 0.330 e. The molecule has 1 unspecified atom stereocenters. The fraction of sp³-hybridized carbons (Fsp3) is 0.711. The van der Waals surface area contributed by atoms with Gasteiger partial charge in [-0.15, -0.1) is 0 Å². The van der Waals surface area contributed by atoms with E-state index in [1.807, 2.05) is 6.92 Å². The van der Waals surface area contributed by atoms with Crippen LogP contribution >= 0.6 is 0 Å². The molecule has 4 aliphatic carbocycles. The van der Waals surface area contributed by atoms with Crippen molar-refractivity contribution in [2.24, 2.45) is 39.4 Å². The molecule has 10 atom stereocenters. The molecule has 0 saturated heterocycles. The van der Waals surface area contributed by atoms with Crippen molar-refractivity contribution in [2.45, 2.75) is 125 Å². The van der Waals surface area contributed by atoms with Crippen molar-refractivity contribution in [3.8, 4) is 0 Å². The minimum Gasteiger partial charge on any atom is -0.481 e. The largest absolute Gasteiger partial charge is 0.481 e. The molecule has 0 aromatic rings. The summed E-state index contributed by atoms with van der Waals surface area (Å²) in [5.41, 5.74) is -6.49. The van der Waals surface area contributed by atoms with Gasteiger partial charge in [-0.2, -0.15) is 0 Å². The highest BCUT2D eigenvalue weighted by Crippen LogP contribution is 2.71. The third-order valence-corrected chi connectivity index (χ3v) is 13.0. The van der Waals surface area contributed by atoms with E-state index in [1.165, 1.54) is 20.8 Å². The van der Waals surface area contributed by atoms with Gasteiger partial charge in [-0.25, -0.2) is 4.79 Å². The van der Waals surface area contributed by atoms with Gasteiger partial charge >= 0.3 is 23.9 Å². The number of carboxylic acid groups (broad SMARTS) is 2. The van der Waals surface area contributed by atoms with Crippen LogP contribution in [0, 0.1) is 39.4 Å². The third-order valence-electron chi connectivity index (χ3n) is 13.0. The maximum Gasteiger partial charge on any atom is 0.330 e. The fourth-order valence-corrected chi connectivity index (χ4v) is 10.1. The monoisotopic (exact) mass is 716 g/mol. The zero-order valence-electron chi connectivity index (χ0n) is 30.8. The van der Waals surface area contributed by atoms with E-state index in [-0.39, 0.29) is 59.9 Å². The molecule has 2 fully saturated rings. The summed E-state index contributed by atoms with van der Waals surface area (Å²) >= 11 is 0. The molecule has 0 heterocycles. The number of Topliss-reactive ketones (excluding diaryl/α,β-unsaturated/α-hetero) is 3. The lowest BCUT2D eigenvalue weighted by atomic mass is 9.42.